The molecule has 21 heavy (non-hydrogen) atoms. The molecule has 2 N–H and O–H groups in total. The van der Waals surface area contributed by atoms with Crippen LogP contribution in [0.3, 0.4) is 0 Å². The van der Waals surface area contributed by atoms with Crippen LogP contribution in [-0.2, 0) is 6.54 Å². The highest BCUT2D eigenvalue weighted by Crippen LogP contribution is 2.20. The molecule has 5 heteroatoms. The number of anilines is 1. The molecule has 0 aliphatic carbocycles. The molecule has 2 rings (SSSR count). The number of hydrogen-bond donors (Lipinski definition) is 2. The molecule has 2 aromatic rings. The molecule has 0 aliphatic rings. The van der Waals surface area contributed by atoms with E-state index in [2.05, 4.69) is 10.6 Å². The maximum Gasteiger partial charge on any atom is 0.251 e. The van der Waals surface area contributed by atoms with Gasteiger partial charge < -0.3 is 10.6 Å². The number of benzene rings is 2. The first kappa shape index (κ1) is 15.3. The van der Waals surface area contributed by atoms with Crippen molar-refractivity contribution in [1.82, 2.24) is 5.32 Å². The van der Waals surface area contributed by atoms with Crippen molar-refractivity contribution in [2.75, 3.05) is 11.9 Å². The first-order valence-electron chi connectivity index (χ1n) is 6.67. The normalized spacial score (nSPS) is 10.2. The van der Waals surface area contributed by atoms with Crippen molar-refractivity contribution in [3.63, 3.8) is 0 Å². The zero-order valence-corrected chi connectivity index (χ0v) is 12.4. The zero-order valence-electron chi connectivity index (χ0n) is 11.6. The largest absolute Gasteiger partial charge is 0.381 e. The number of rotatable bonds is 5. The Labute approximate surface area is 128 Å². The lowest BCUT2D eigenvalue weighted by Gasteiger charge is -2.10. The third kappa shape index (κ3) is 3.95. The van der Waals surface area contributed by atoms with Crippen molar-refractivity contribution < 1.29 is 9.18 Å². The van der Waals surface area contributed by atoms with Gasteiger partial charge in [0.15, 0.2) is 0 Å². The van der Waals surface area contributed by atoms with E-state index in [1.807, 2.05) is 13.0 Å². The average molecular weight is 307 g/mol. The summed E-state index contributed by atoms with van der Waals surface area (Å²) in [5.74, 6) is -0.486. The van der Waals surface area contributed by atoms with E-state index in [9.17, 15) is 9.18 Å². The van der Waals surface area contributed by atoms with Crippen molar-refractivity contribution >= 4 is 23.2 Å². The summed E-state index contributed by atoms with van der Waals surface area (Å²) in [7, 11) is 0. The molecule has 0 radical (unpaired) electrons. The molecule has 0 atom stereocenters. The summed E-state index contributed by atoms with van der Waals surface area (Å²) in [5, 5.41) is 6.19. The Morgan fingerprint density at radius 3 is 2.71 bits per heavy atom. The van der Waals surface area contributed by atoms with Crippen LogP contribution in [0.1, 0.15) is 22.8 Å². The molecule has 1 amide bonds. The number of nitrogens with one attached hydrogen (secondary N) is 2. The quantitative estimate of drug-likeness (QED) is 0.881. The third-order valence-corrected chi connectivity index (χ3v) is 3.35. The van der Waals surface area contributed by atoms with Gasteiger partial charge in [0, 0.05) is 34.9 Å². The van der Waals surface area contributed by atoms with Gasteiger partial charge in [0.05, 0.1) is 0 Å². The van der Waals surface area contributed by atoms with Gasteiger partial charge in [0.1, 0.15) is 5.82 Å². The predicted octanol–water partition coefficient (Wildman–Crippen LogP) is 3.84. The second-order valence-electron chi connectivity index (χ2n) is 4.49. The lowest BCUT2D eigenvalue weighted by Crippen LogP contribution is -2.22. The Morgan fingerprint density at radius 1 is 1.24 bits per heavy atom. The van der Waals surface area contributed by atoms with Gasteiger partial charge in [-0.3, -0.25) is 4.79 Å². The third-order valence-electron chi connectivity index (χ3n) is 2.99. The maximum absolute atomic E-state index is 13.7. The molecule has 0 bridgehead atoms. The predicted molar refractivity (Wildman–Crippen MR) is 83.2 cm³/mol. The minimum absolute atomic E-state index is 0.134. The van der Waals surface area contributed by atoms with Gasteiger partial charge in [-0.25, -0.2) is 4.39 Å². The van der Waals surface area contributed by atoms with E-state index in [1.165, 1.54) is 6.07 Å². The average Bonchev–Trinajstić information content (AvgIpc) is 2.47. The summed E-state index contributed by atoms with van der Waals surface area (Å²) in [5.41, 5.74) is 1.70. The molecule has 0 saturated heterocycles. The fraction of sp³-hybridized carbons (Fsp3) is 0.188. The van der Waals surface area contributed by atoms with E-state index >= 15 is 0 Å². The van der Waals surface area contributed by atoms with Crippen LogP contribution in [-0.4, -0.2) is 12.5 Å². The highest BCUT2D eigenvalue weighted by atomic mass is 35.5. The Kier molecular flexibility index (Phi) is 5.17. The van der Waals surface area contributed by atoms with Crippen LogP contribution in [0.5, 0.6) is 0 Å². The van der Waals surface area contributed by atoms with Gasteiger partial charge in [-0.1, -0.05) is 23.7 Å². The summed E-state index contributed by atoms with van der Waals surface area (Å²) < 4.78 is 13.7. The molecule has 0 aromatic heterocycles. The molecule has 0 saturated carbocycles. The van der Waals surface area contributed by atoms with Crippen LogP contribution < -0.4 is 10.6 Å². The number of halogens is 2. The van der Waals surface area contributed by atoms with Crippen molar-refractivity contribution in [3.05, 3.63) is 64.4 Å². The van der Waals surface area contributed by atoms with Crippen molar-refractivity contribution in [2.24, 2.45) is 0 Å². The first-order valence-corrected chi connectivity index (χ1v) is 7.04. The standard InChI is InChI=1S/C16H16ClFN2O/c1-2-19-16(21)11-5-3-6-12(9-11)20-10-13-14(17)7-4-8-15(13)18/h3-9,20H,2,10H2,1H3,(H,19,21). The van der Waals surface area contributed by atoms with Crippen molar-refractivity contribution in [3.8, 4) is 0 Å². The van der Waals surface area contributed by atoms with Crippen LogP contribution in [0.4, 0.5) is 10.1 Å². The minimum atomic E-state index is -0.352. The number of carbonyl (C=O) groups excluding carboxylic acids is 1. The molecule has 0 spiro atoms. The molecular formula is C16H16ClFN2O. The van der Waals surface area contributed by atoms with Gasteiger partial charge in [-0.2, -0.15) is 0 Å². The number of amides is 1. The Bertz CT molecular complexity index is 626. The second-order valence-corrected chi connectivity index (χ2v) is 4.90. The second kappa shape index (κ2) is 7.09. The van der Waals surface area contributed by atoms with Crippen LogP contribution in [0.2, 0.25) is 5.02 Å². The fourth-order valence-corrected chi connectivity index (χ4v) is 2.15. The van der Waals surface area contributed by atoms with Crippen molar-refractivity contribution in [1.29, 1.82) is 0 Å². The maximum atomic E-state index is 13.7. The van der Waals surface area contributed by atoms with Gasteiger partial charge in [-0.15, -0.1) is 0 Å². The summed E-state index contributed by atoms with van der Waals surface area (Å²) in [6, 6.07) is 11.6. The summed E-state index contributed by atoms with van der Waals surface area (Å²) in [6.45, 7) is 2.69. The van der Waals surface area contributed by atoms with Gasteiger partial charge in [0.2, 0.25) is 0 Å². The molecule has 0 aliphatic heterocycles. The summed E-state index contributed by atoms with van der Waals surface area (Å²) >= 11 is 5.97. The Balaban J connectivity index is 2.10. The molecule has 0 fully saturated rings. The highest BCUT2D eigenvalue weighted by Gasteiger charge is 2.08. The topological polar surface area (TPSA) is 41.1 Å². The van der Waals surface area contributed by atoms with E-state index in [4.69, 9.17) is 11.6 Å². The molecule has 110 valence electrons. The molecule has 0 unspecified atom stereocenters. The zero-order chi connectivity index (χ0) is 15.2. The lowest BCUT2D eigenvalue weighted by atomic mass is 10.1. The highest BCUT2D eigenvalue weighted by molar-refractivity contribution is 6.31. The van der Waals surface area contributed by atoms with Crippen LogP contribution in [0.25, 0.3) is 0 Å². The lowest BCUT2D eigenvalue weighted by molar-refractivity contribution is 0.0956. The van der Waals surface area contributed by atoms with Crippen LogP contribution >= 0.6 is 11.6 Å². The molecular weight excluding hydrogens is 291 g/mol. The summed E-state index contributed by atoms with van der Waals surface area (Å²) in [4.78, 5) is 11.8. The molecule has 2 aromatic carbocycles. The van der Waals surface area contributed by atoms with Crippen LogP contribution in [0, 0.1) is 5.82 Å². The van der Waals surface area contributed by atoms with E-state index in [-0.39, 0.29) is 18.3 Å². The first-order chi connectivity index (χ1) is 10.1. The molecule has 3 nitrogen and oxygen atoms in total. The smallest absolute Gasteiger partial charge is 0.251 e. The Hall–Kier alpha value is -2.07. The number of hydrogen-bond acceptors (Lipinski definition) is 2. The van der Waals surface area contributed by atoms with E-state index in [0.29, 0.717) is 22.7 Å². The van der Waals surface area contributed by atoms with Gasteiger partial charge >= 0.3 is 0 Å². The van der Waals surface area contributed by atoms with Gasteiger partial charge in [0.25, 0.3) is 5.91 Å². The van der Waals surface area contributed by atoms with Crippen LogP contribution in [0.15, 0.2) is 42.5 Å². The Morgan fingerprint density at radius 2 is 2.00 bits per heavy atom. The van der Waals surface area contributed by atoms with Gasteiger partial charge in [-0.05, 0) is 37.3 Å². The monoisotopic (exact) mass is 306 g/mol. The number of carbonyl (C=O) groups is 1. The minimum Gasteiger partial charge on any atom is -0.381 e. The van der Waals surface area contributed by atoms with E-state index in [1.54, 1.807) is 30.3 Å². The SMILES string of the molecule is CCNC(=O)c1cccc(NCc2c(F)cccc2Cl)c1. The van der Waals surface area contributed by atoms with E-state index in [0.717, 1.165) is 5.69 Å². The summed E-state index contributed by atoms with van der Waals surface area (Å²) in [6.07, 6.45) is 0. The molecule has 0 heterocycles. The van der Waals surface area contributed by atoms with E-state index < -0.39 is 0 Å². The van der Waals surface area contributed by atoms with Crippen molar-refractivity contribution in [2.45, 2.75) is 13.5 Å². The fourth-order valence-electron chi connectivity index (χ4n) is 1.92.